The quantitative estimate of drug-likeness (QED) is 0.311. The third kappa shape index (κ3) is 7.46. The molecule has 236 valence electrons. The number of aromatic nitrogens is 3. The summed E-state index contributed by atoms with van der Waals surface area (Å²) in [5, 5.41) is 3.37. The number of aryl methyl sites for hydroxylation is 2. The molecule has 1 aliphatic carbocycles. The van der Waals surface area contributed by atoms with E-state index < -0.39 is 0 Å². The first-order valence-electron chi connectivity index (χ1n) is 16.3. The molecule has 0 bridgehead atoms. The Morgan fingerprint density at radius 3 is 2.50 bits per heavy atom. The molecule has 8 heteroatoms. The van der Waals surface area contributed by atoms with Crippen LogP contribution in [0.25, 0.3) is 11.6 Å². The van der Waals surface area contributed by atoms with Crippen molar-refractivity contribution in [1.29, 1.82) is 0 Å². The van der Waals surface area contributed by atoms with Gasteiger partial charge in [0.05, 0.1) is 36.0 Å². The highest BCUT2D eigenvalue weighted by Crippen LogP contribution is 2.43. The van der Waals surface area contributed by atoms with Gasteiger partial charge in [-0.25, -0.2) is 4.98 Å². The van der Waals surface area contributed by atoms with Crippen molar-refractivity contribution in [2.45, 2.75) is 79.3 Å². The summed E-state index contributed by atoms with van der Waals surface area (Å²) in [7, 11) is 1.97. The Balaban J connectivity index is 0.00000216. The minimum absolute atomic E-state index is 0.0348. The van der Waals surface area contributed by atoms with E-state index in [1.807, 2.05) is 48.8 Å². The molecule has 2 unspecified atom stereocenters. The van der Waals surface area contributed by atoms with Gasteiger partial charge < -0.3 is 14.8 Å². The van der Waals surface area contributed by atoms with Crippen LogP contribution in [0.5, 0.6) is 0 Å². The van der Waals surface area contributed by atoms with Crippen molar-refractivity contribution in [3.63, 3.8) is 0 Å². The maximum Gasteiger partial charge on any atom is 0.222 e. The maximum atomic E-state index is 13.2. The van der Waals surface area contributed by atoms with Gasteiger partial charge in [0.15, 0.2) is 0 Å². The van der Waals surface area contributed by atoms with Crippen molar-refractivity contribution in [1.82, 2.24) is 29.7 Å². The summed E-state index contributed by atoms with van der Waals surface area (Å²) in [5.41, 5.74) is 7.44. The third-order valence-corrected chi connectivity index (χ3v) is 8.39. The number of piperazine rings is 1. The summed E-state index contributed by atoms with van der Waals surface area (Å²) in [6, 6.07) is 10.3. The topological polar surface area (TPSA) is 83.4 Å². The Hall–Kier alpha value is -3.78. The van der Waals surface area contributed by atoms with Crippen molar-refractivity contribution < 1.29 is 9.59 Å². The van der Waals surface area contributed by atoms with Crippen LogP contribution in [0.1, 0.15) is 106 Å². The first-order chi connectivity index (χ1) is 21.3. The molecular weight excluding hydrogens is 548 g/mol. The molecule has 44 heavy (non-hydrogen) atoms. The lowest BCUT2D eigenvalue weighted by atomic mass is 9.88. The zero-order valence-electron chi connectivity index (χ0n) is 27.6. The minimum Gasteiger partial charge on any atom is -0.344 e. The highest BCUT2D eigenvalue weighted by Gasteiger charge is 2.36. The second-order valence-electron chi connectivity index (χ2n) is 12.1. The molecule has 5 rings (SSSR count). The number of rotatable bonds is 9. The van der Waals surface area contributed by atoms with E-state index in [1.165, 1.54) is 5.56 Å². The number of pyridine rings is 1. The van der Waals surface area contributed by atoms with E-state index in [2.05, 4.69) is 73.2 Å². The van der Waals surface area contributed by atoms with Crippen LogP contribution in [-0.2, 0) is 16.6 Å². The number of hydrogen-bond acceptors (Lipinski definition) is 5. The molecule has 0 saturated carbocycles. The first kappa shape index (κ1) is 33.1. The zero-order chi connectivity index (χ0) is 31.8. The van der Waals surface area contributed by atoms with Gasteiger partial charge in [0.25, 0.3) is 0 Å². The van der Waals surface area contributed by atoms with E-state index in [0.29, 0.717) is 31.8 Å². The van der Waals surface area contributed by atoms with E-state index in [-0.39, 0.29) is 23.9 Å². The van der Waals surface area contributed by atoms with Crippen LogP contribution in [0.2, 0.25) is 0 Å². The van der Waals surface area contributed by atoms with Gasteiger partial charge in [0.2, 0.25) is 11.8 Å². The lowest BCUT2D eigenvalue weighted by Gasteiger charge is -2.40. The average molecular weight is 599 g/mol. The van der Waals surface area contributed by atoms with Crippen molar-refractivity contribution in [2.75, 3.05) is 26.2 Å². The summed E-state index contributed by atoms with van der Waals surface area (Å²) in [5.74, 6) is 0.623. The molecule has 3 aromatic rings. The van der Waals surface area contributed by atoms with Gasteiger partial charge in [-0.05, 0) is 53.7 Å². The van der Waals surface area contributed by atoms with Crippen molar-refractivity contribution in [3.05, 3.63) is 82.7 Å². The number of fused-ring (bicyclic) bond motifs is 2. The summed E-state index contributed by atoms with van der Waals surface area (Å²) in [4.78, 5) is 39.9. The molecule has 1 aliphatic heterocycles. The first-order valence-corrected chi connectivity index (χ1v) is 16.3. The summed E-state index contributed by atoms with van der Waals surface area (Å²) < 4.78 is 1.99. The van der Waals surface area contributed by atoms with Crippen LogP contribution < -0.4 is 5.32 Å². The number of imidazole rings is 1. The summed E-state index contributed by atoms with van der Waals surface area (Å²) in [6.45, 7) is 15.4. The fraction of sp³-hybridized carbons (Fsp3) is 0.500. The van der Waals surface area contributed by atoms with Crippen LogP contribution >= 0.6 is 0 Å². The van der Waals surface area contributed by atoms with Crippen LogP contribution in [0.15, 0.2) is 49.1 Å². The van der Waals surface area contributed by atoms with Gasteiger partial charge in [0, 0.05) is 52.3 Å². The Kier molecular flexibility index (Phi) is 11.5. The van der Waals surface area contributed by atoms with Gasteiger partial charge in [-0.2, -0.15) is 0 Å². The fourth-order valence-corrected chi connectivity index (χ4v) is 6.18. The predicted octanol–water partition coefficient (Wildman–Crippen LogP) is 6.33. The molecular formula is C36H50N6O2. The van der Waals surface area contributed by atoms with Crippen LogP contribution in [0.3, 0.4) is 0 Å². The number of benzene rings is 1. The smallest absolute Gasteiger partial charge is 0.222 e. The van der Waals surface area contributed by atoms with Gasteiger partial charge in [0.1, 0.15) is 0 Å². The average Bonchev–Trinajstić information content (AvgIpc) is 3.39. The zero-order valence-corrected chi connectivity index (χ0v) is 27.6. The SMILES string of the molecule is CC.CCCCC(=O)NC(C1=Cc2cccnc2C(N2CCN(C(=O)CC(C)C)CC2)c2ccc(C)cc21)c1cncn1C. The Morgan fingerprint density at radius 2 is 1.84 bits per heavy atom. The predicted molar refractivity (Wildman–Crippen MR) is 178 cm³/mol. The van der Waals surface area contributed by atoms with E-state index >= 15 is 0 Å². The van der Waals surface area contributed by atoms with E-state index in [1.54, 1.807) is 6.33 Å². The second kappa shape index (κ2) is 15.3. The summed E-state index contributed by atoms with van der Waals surface area (Å²) in [6.07, 6.45) is 10.6. The Bertz CT molecular complexity index is 1450. The normalized spacial score (nSPS) is 17.0. The molecule has 1 N–H and O–H groups in total. The van der Waals surface area contributed by atoms with Gasteiger partial charge >= 0.3 is 0 Å². The Labute approximate surface area is 263 Å². The third-order valence-electron chi connectivity index (χ3n) is 8.39. The fourth-order valence-electron chi connectivity index (χ4n) is 6.18. The molecule has 2 atom stereocenters. The van der Waals surface area contributed by atoms with Crippen molar-refractivity contribution in [2.24, 2.45) is 13.0 Å². The molecule has 8 nitrogen and oxygen atoms in total. The monoisotopic (exact) mass is 598 g/mol. The molecule has 0 spiro atoms. The van der Waals surface area contributed by atoms with Crippen LogP contribution in [0, 0.1) is 12.8 Å². The van der Waals surface area contributed by atoms with E-state index in [0.717, 1.165) is 59.6 Å². The molecule has 2 aliphatic rings. The highest BCUT2D eigenvalue weighted by atomic mass is 16.2. The minimum atomic E-state index is -0.375. The molecule has 1 saturated heterocycles. The number of hydrogen-bond donors (Lipinski definition) is 1. The molecule has 2 amide bonds. The number of amides is 2. The number of nitrogens with one attached hydrogen (secondary N) is 1. The van der Waals surface area contributed by atoms with Gasteiger partial charge in [-0.15, -0.1) is 0 Å². The second-order valence-corrected chi connectivity index (χ2v) is 12.1. The van der Waals surface area contributed by atoms with Gasteiger partial charge in [-0.1, -0.05) is 70.9 Å². The maximum absolute atomic E-state index is 13.2. The number of carbonyl (C=O) groups excluding carboxylic acids is 2. The molecule has 1 aromatic carbocycles. The lowest BCUT2D eigenvalue weighted by molar-refractivity contribution is -0.134. The van der Waals surface area contributed by atoms with E-state index in [9.17, 15) is 9.59 Å². The number of unbranched alkanes of at least 4 members (excludes halogenated alkanes) is 1. The van der Waals surface area contributed by atoms with Crippen molar-refractivity contribution in [3.8, 4) is 0 Å². The Morgan fingerprint density at radius 1 is 1.09 bits per heavy atom. The lowest BCUT2D eigenvalue weighted by Crippen LogP contribution is -2.50. The highest BCUT2D eigenvalue weighted by molar-refractivity contribution is 5.91. The molecule has 2 aromatic heterocycles. The summed E-state index contributed by atoms with van der Waals surface area (Å²) >= 11 is 0. The number of nitrogens with zero attached hydrogens (tertiary/aromatic N) is 5. The van der Waals surface area contributed by atoms with Gasteiger partial charge in [-0.3, -0.25) is 19.5 Å². The van der Waals surface area contributed by atoms with Crippen LogP contribution in [0.4, 0.5) is 0 Å². The molecule has 0 radical (unpaired) electrons. The largest absolute Gasteiger partial charge is 0.344 e. The standard InChI is InChI=1S/C34H44N6O2.C2H6/c1-6-7-10-30(41)37-33(29-21-35-22-38(29)5)28-20-25-9-8-13-36-32(25)34(26-12-11-24(4)19-27(26)28)40-16-14-39(15-17-40)31(42)18-23(2)3;1-2/h8-9,11-13,19-23,33-34H,6-7,10,14-18H2,1-5H3,(H,37,41);1-2H3. The molecule has 3 heterocycles. The number of carbonyl (C=O) groups is 2. The van der Waals surface area contributed by atoms with E-state index in [4.69, 9.17) is 4.98 Å². The van der Waals surface area contributed by atoms with Crippen LogP contribution in [-0.4, -0.2) is 62.3 Å². The molecule has 1 fully saturated rings. The van der Waals surface area contributed by atoms with Crippen molar-refractivity contribution >= 4 is 23.5 Å².